The van der Waals surface area contributed by atoms with Gasteiger partial charge in [-0.15, -0.1) is 0 Å². The number of hydrogen-bond acceptors (Lipinski definition) is 4. The highest BCUT2D eigenvalue weighted by atomic mass is 35.5. The van der Waals surface area contributed by atoms with Crippen LogP contribution in [0.5, 0.6) is 0 Å². The third-order valence-corrected chi connectivity index (χ3v) is 5.74. The number of piperazine rings is 1. The van der Waals surface area contributed by atoms with Gasteiger partial charge in [-0.2, -0.15) is 0 Å². The van der Waals surface area contributed by atoms with Crippen molar-refractivity contribution >= 4 is 34.3 Å². The smallest absolute Gasteiger partial charge is 0.328 e. The first-order valence-corrected chi connectivity index (χ1v) is 10.4. The Morgan fingerprint density at radius 2 is 1.45 bits per heavy atom. The minimum Gasteiger partial charge on any atom is -0.335 e. The molecule has 1 fully saturated rings. The van der Waals surface area contributed by atoms with Crippen molar-refractivity contribution < 1.29 is 9.59 Å². The van der Waals surface area contributed by atoms with Gasteiger partial charge in [-0.05, 0) is 49.4 Å². The highest BCUT2D eigenvalue weighted by Crippen LogP contribution is 2.16. The number of aromatic amines is 1. The largest absolute Gasteiger partial charge is 0.335 e. The first kappa shape index (κ1) is 20.9. The summed E-state index contributed by atoms with van der Waals surface area (Å²) >= 11 is 5.88. The summed E-state index contributed by atoms with van der Waals surface area (Å²) in [5.41, 5.74) is 0.394. The van der Waals surface area contributed by atoms with E-state index in [0.29, 0.717) is 53.2 Å². The van der Waals surface area contributed by atoms with Crippen molar-refractivity contribution in [1.82, 2.24) is 19.4 Å². The molecule has 8 nitrogen and oxygen atoms in total. The van der Waals surface area contributed by atoms with Crippen LogP contribution in [0.25, 0.3) is 10.9 Å². The monoisotopic (exact) mass is 440 g/mol. The predicted molar refractivity (Wildman–Crippen MR) is 118 cm³/mol. The first-order chi connectivity index (χ1) is 14.9. The summed E-state index contributed by atoms with van der Waals surface area (Å²) in [5.74, 6) is -0.305. The van der Waals surface area contributed by atoms with Gasteiger partial charge in [0.25, 0.3) is 17.4 Å². The van der Waals surface area contributed by atoms with Crippen molar-refractivity contribution in [3.8, 4) is 0 Å². The van der Waals surface area contributed by atoms with Crippen LogP contribution >= 0.6 is 11.6 Å². The molecular formula is C22H21ClN4O4. The lowest BCUT2D eigenvalue weighted by atomic mass is 10.1. The minimum absolute atomic E-state index is 0.0979. The van der Waals surface area contributed by atoms with E-state index in [1.54, 1.807) is 53.1 Å². The highest BCUT2D eigenvalue weighted by Gasteiger charge is 2.26. The normalized spacial score (nSPS) is 14.1. The number of fused-ring (bicyclic) bond motifs is 1. The first-order valence-electron chi connectivity index (χ1n) is 10.00. The van der Waals surface area contributed by atoms with Gasteiger partial charge >= 0.3 is 5.69 Å². The molecule has 1 aromatic heterocycles. The summed E-state index contributed by atoms with van der Waals surface area (Å²) in [6.45, 7) is 3.60. The Bertz CT molecular complexity index is 1270. The van der Waals surface area contributed by atoms with E-state index in [1.807, 2.05) is 0 Å². The van der Waals surface area contributed by atoms with Gasteiger partial charge in [0.15, 0.2) is 0 Å². The van der Waals surface area contributed by atoms with Crippen molar-refractivity contribution in [3.05, 3.63) is 79.5 Å². The molecule has 0 bridgehead atoms. The Hall–Kier alpha value is -3.39. The Morgan fingerprint density at radius 3 is 2.03 bits per heavy atom. The molecule has 2 heterocycles. The summed E-state index contributed by atoms with van der Waals surface area (Å²) in [5, 5.41) is 0.925. The zero-order chi connectivity index (χ0) is 22.1. The summed E-state index contributed by atoms with van der Waals surface area (Å²) < 4.78 is 1.11. The second-order valence-electron chi connectivity index (χ2n) is 7.33. The van der Waals surface area contributed by atoms with Crippen molar-refractivity contribution in [2.24, 2.45) is 0 Å². The van der Waals surface area contributed by atoms with Crippen LogP contribution < -0.4 is 11.2 Å². The van der Waals surface area contributed by atoms with Crippen molar-refractivity contribution in [1.29, 1.82) is 0 Å². The van der Waals surface area contributed by atoms with E-state index in [1.165, 1.54) is 6.07 Å². The maximum Gasteiger partial charge on any atom is 0.328 e. The Labute approximate surface area is 182 Å². The molecule has 2 amide bonds. The third-order valence-electron chi connectivity index (χ3n) is 5.49. The fraction of sp³-hybridized carbons (Fsp3) is 0.273. The molecule has 0 saturated carbocycles. The molecule has 160 valence electrons. The van der Waals surface area contributed by atoms with Crippen LogP contribution in [0.2, 0.25) is 5.02 Å². The third kappa shape index (κ3) is 3.98. The van der Waals surface area contributed by atoms with Gasteiger partial charge in [0, 0.05) is 48.9 Å². The summed E-state index contributed by atoms with van der Waals surface area (Å²) in [6, 6.07) is 11.4. The standard InChI is InChI=1S/C22H21ClN4O4/c1-2-27-21(30)17-8-5-15(13-18(17)24-22(27)31)20(29)26-11-9-25(10-12-26)19(28)14-3-6-16(23)7-4-14/h3-8,13H,2,9-12H2,1H3,(H,24,31). The van der Waals surface area contributed by atoms with E-state index in [4.69, 9.17) is 11.6 Å². The fourth-order valence-corrected chi connectivity index (χ4v) is 3.87. The zero-order valence-electron chi connectivity index (χ0n) is 16.9. The van der Waals surface area contributed by atoms with Gasteiger partial charge in [0.05, 0.1) is 10.9 Å². The van der Waals surface area contributed by atoms with Crippen molar-refractivity contribution in [2.45, 2.75) is 13.5 Å². The number of aromatic nitrogens is 2. The van der Waals surface area contributed by atoms with E-state index < -0.39 is 5.69 Å². The van der Waals surface area contributed by atoms with E-state index >= 15 is 0 Å². The van der Waals surface area contributed by atoms with Crippen molar-refractivity contribution in [2.75, 3.05) is 26.2 Å². The molecule has 9 heteroatoms. The fourth-order valence-electron chi connectivity index (χ4n) is 3.74. The van der Waals surface area contributed by atoms with Crippen LogP contribution in [0.1, 0.15) is 27.6 Å². The van der Waals surface area contributed by atoms with Gasteiger partial charge in [-0.1, -0.05) is 11.6 Å². The molecule has 0 aliphatic carbocycles. The number of amides is 2. The van der Waals surface area contributed by atoms with Crippen LogP contribution in [0.15, 0.2) is 52.1 Å². The second-order valence-corrected chi connectivity index (χ2v) is 7.77. The number of nitrogens with zero attached hydrogens (tertiary/aromatic N) is 3. The highest BCUT2D eigenvalue weighted by molar-refractivity contribution is 6.30. The molecule has 1 N–H and O–H groups in total. The lowest BCUT2D eigenvalue weighted by molar-refractivity contribution is 0.0535. The second kappa shape index (κ2) is 8.39. The Morgan fingerprint density at radius 1 is 0.903 bits per heavy atom. The Balaban J connectivity index is 1.49. The van der Waals surface area contributed by atoms with Gasteiger partial charge in [-0.25, -0.2) is 4.79 Å². The summed E-state index contributed by atoms with van der Waals surface area (Å²) in [6.07, 6.45) is 0. The van der Waals surface area contributed by atoms with Crippen LogP contribution in [0, 0.1) is 0 Å². The summed E-state index contributed by atoms with van der Waals surface area (Å²) in [7, 11) is 0. The molecule has 4 rings (SSSR count). The number of carbonyl (C=O) groups is 2. The van der Waals surface area contributed by atoms with Crippen LogP contribution in [0.3, 0.4) is 0 Å². The average molecular weight is 441 g/mol. The van der Waals surface area contributed by atoms with E-state index in [9.17, 15) is 19.2 Å². The van der Waals surface area contributed by atoms with Gasteiger partial charge in [0.2, 0.25) is 0 Å². The quantitative estimate of drug-likeness (QED) is 0.673. The number of nitrogens with one attached hydrogen (secondary N) is 1. The number of hydrogen-bond donors (Lipinski definition) is 1. The molecule has 0 unspecified atom stereocenters. The molecule has 0 atom stereocenters. The molecule has 1 aliphatic rings. The molecule has 0 radical (unpaired) electrons. The molecule has 1 saturated heterocycles. The topological polar surface area (TPSA) is 95.5 Å². The van der Waals surface area contributed by atoms with Gasteiger partial charge in [-0.3, -0.25) is 19.0 Å². The van der Waals surface area contributed by atoms with E-state index in [-0.39, 0.29) is 23.9 Å². The lowest BCUT2D eigenvalue weighted by Crippen LogP contribution is -2.50. The predicted octanol–water partition coefficient (Wildman–Crippen LogP) is 1.96. The SMILES string of the molecule is CCn1c(=O)[nH]c2cc(C(=O)N3CCN(C(=O)c4ccc(Cl)cc4)CC3)ccc2c1=O. The molecule has 3 aromatic rings. The summed E-state index contributed by atoms with van der Waals surface area (Å²) in [4.78, 5) is 56.1. The lowest BCUT2D eigenvalue weighted by Gasteiger charge is -2.35. The van der Waals surface area contributed by atoms with Crippen LogP contribution in [-0.2, 0) is 6.54 Å². The molecule has 31 heavy (non-hydrogen) atoms. The van der Waals surface area contributed by atoms with Crippen LogP contribution in [0.4, 0.5) is 0 Å². The van der Waals surface area contributed by atoms with Gasteiger partial charge < -0.3 is 14.8 Å². The van der Waals surface area contributed by atoms with Gasteiger partial charge in [0.1, 0.15) is 0 Å². The molecule has 2 aromatic carbocycles. The molecular weight excluding hydrogens is 420 g/mol. The van der Waals surface area contributed by atoms with E-state index in [0.717, 1.165) is 4.57 Å². The van der Waals surface area contributed by atoms with Crippen LogP contribution in [-0.4, -0.2) is 57.3 Å². The number of rotatable bonds is 3. The Kier molecular flexibility index (Phi) is 5.65. The maximum absolute atomic E-state index is 13.0. The zero-order valence-corrected chi connectivity index (χ0v) is 17.7. The number of H-pyrrole nitrogens is 1. The number of carbonyl (C=O) groups excluding carboxylic acids is 2. The molecule has 0 spiro atoms. The maximum atomic E-state index is 13.0. The number of halogens is 1. The van der Waals surface area contributed by atoms with Crippen molar-refractivity contribution in [3.63, 3.8) is 0 Å². The minimum atomic E-state index is -0.501. The van der Waals surface area contributed by atoms with E-state index in [2.05, 4.69) is 4.98 Å². The molecule has 1 aliphatic heterocycles. The average Bonchev–Trinajstić information content (AvgIpc) is 2.78. The number of benzene rings is 2.